The van der Waals surface area contributed by atoms with Gasteiger partial charge in [-0.15, -0.1) is 0 Å². The van der Waals surface area contributed by atoms with Crippen LogP contribution < -0.4 is 5.32 Å². The van der Waals surface area contributed by atoms with Crippen molar-refractivity contribution in [1.82, 2.24) is 15.3 Å². The van der Waals surface area contributed by atoms with Crippen LogP contribution in [-0.2, 0) is 6.42 Å². The van der Waals surface area contributed by atoms with E-state index in [-0.39, 0.29) is 0 Å². The fourth-order valence-electron chi connectivity index (χ4n) is 1.65. The van der Waals surface area contributed by atoms with Crippen LogP contribution in [0.15, 0.2) is 28.8 Å². The fourth-order valence-corrected chi connectivity index (χ4v) is 1.65. The molecule has 0 unspecified atom stereocenters. The molecule has 90 valence electrons. The molecular weight excluding hydrogens is 214 g/mol. The van der Waals surface area contributed by atoms with Gasteiger partial charge >= 0.3 is 0 Å². The summed E-state index contributed by atoms with van der Waals surface area (Å²) in [5.41, 5.74) is 0.854. The third kappa shape index (κ3) is 3.14. The number of aromatic nitrogens is 2. The lowest BCUT2D eigenvalue weighted by Gasteiger charge is -2.01. The fraction of sp³-hybridized carbons (Fsp3) is 0.385. The predicted octanol–water partition coefficient (Wildman–Crippen LogP) is 2.20. The monoisotopic (exact) mass is 231 g/mol. The highest BCUT2D eigenvalue weighted by atomic mass is 16.3. The normalized spacial score (nSPS) is 10.7. The third-order valence-corrected chi connectivity index (χ3v) is 2.53. The Hall–Kier alpha value is -1.68. The van der Waals surface area contributed by atoms with Gasteiger partial charge in [-0.1, -0.05) is 0 Å². The molecule has 2 rings (SSSR count). The first-order valence-corrected chi connectivity index (χ1v) is 5.83. The standard InChI is InChI=1S/C13H17N3O/c1-10-5-6-12(17-10)11-7-9-15-13(16-11)4-3-8-14-2/h5-7,9,14H,3-4,8H2,1-2H3. The first-order chi connectivity index (χ1) is 8.29. The van der Waals surface area contributed by atoms with Crippen molar-refractivity contribution in [2.75, 3.05) is 13.6 Å². The first-order valence-electron chi connectivity index (χ1n) is 5.83. The van der Waals surface area contributed by atoms with Gasteiger partial charge in [0.2, 0.25) is 0 Å². The van der Waals surface area contributed by atoms with E-state index in [4.69, 9.17) is 4.42 Å². The van der Waals surface area contributed by atoms with Crippen LogP contribution in [-0.4, -0.2) is 23.6 Å². The quantitative estimate of drug-likeness (QED) is 0.801. The Morgan fingerprint density at radius 3 is 2.88 bits per heavy atom. The molecule has 0 bridgehead atoms. The molecule has 0 amide bonds. The number of nitrogens with zero attached hydrogens (tertiary/aromatic N) is 2. The number of rotatable bonds is 5. The van der Waals surface area contributed by atoms with Gasteiger partial charge in [0.05, 0.1) is 0 Å². The molecule has 0 aliphatic rings. The lowest BCUT2D eigenvalue weighted by Crippen LogP contribution is -2.09. The van der Waals surface area contributed by atoms with E-state index in [2.05, 4.69) is 15.3 Å². The molecule has 0 saturated heterocycles. The van der Waals surface area contributed by atoms with Crippen molar-refractivity contribution in [3.8, 4) is 11.5 Å². The molecular formula is C13H17N3O. The molecule has 0 saturated carbocycles. The first kappa shape index (κ1) is 11.8. The minimum atomic E-state index is 0.805. The van der Waals surface area contributed by atoms with Gasteiger partial charge in [0.25, 0.3) is 0 Å². The molecule has 17 heavy (non-hydrogen) atoms. The van der Waals surface area contributed by atoms with Crippen LogP contribution in [0.1, 0.15) is 18.0 Å². The van der Waals surface area contributed by atoms with E-state index in [1.807, 2.05) is 32.2 Å². The van der Waals surface area contributed by atoms with E-state index in [0.29, 0.717) is 0 Å². The third-order valence-electron chi connectivity index (χ3n) is 2.53. The van der Waals surface area contributed by atoms with Crippen molar-refractivity contribution in [3.63, 3.8) is 0 Å². The van der Waals surface area contributed by atoms with E-state index < -0.39 is 0 Å². The van der Waals surface area contributed by atoms with Crippen molar-refractivity contribution in [3.05, 3.63) is 36.0 Å². The van der Waals surface area contributed by atoms with Crippen molar-refractivity contribution in [2.24, 2.45) is 0 Å². The minimum absolute atomic E-state index is 0.805. The van der Waals surface area contributed by atoms with Gasteiger partial charge in [0, 0.05) is 12.6 Å². The zero-order valence-corrected chi connectivity index (χ0v) is 10.2. The van der Waals surface area contributed by atoms with Gasteiger partial charge in [-0.3, -0.25) is 0 Å². The maximum atomic E-state index is 5.55. The van der Waals surface area contributed by atoms with Crippen molar-refractivity contribution >= 4 is 0 Å². The Kier molecular flexibility index (Phi) is 3.88. The highest BCUT2D eigenvalue weighted by molar-refractivity contribution is 5.51. The van der Waals surface area contributed by atoms with Crippen LogP contribution in [0.4, 0.5) is 0 Å². The predicted molar refractivity (Wildman–Crippen MR) is 66.7 cm³/mol. The largest absolute Gasteiger partial charge is 0.460 e. The summed E-state index contributed by atoms with van der Waals surface area (Å²) in [7, 11) is 1.95. The van der Waals surface area contributed by atoms with Crippen LogP contribution in [0.5, 0.6) is 0 Å². The van der Waals surface area contributed by atoms with Gasteiger partial charge in [-0.05, 0) is 45.1 Å². The summed E-state index contributed by atoms with van der Waals surface area (Å²) in [4.78, 5) is 8.76. The molecule has 4 nitrogen and oxygen atoms in total. The molecule has 4 heteroatoms. The highest BCUT2D eigenvalue weighted by Gasteiger charge is 2.05. The van der Waals surface area contributed by atoms with Crippen molar-refractivity contribution in [1.29, 1.82) is 0 Å². The summed E-state index contributed by atoms with van der Waals surface area (Å²) < 4.78 is 5.55. The molecule has 0 radical (unpaired) electrons. The second kappa shape index (κ2) is 5.59. The van der Waals surface area contributed by atoms with Gasteiger partial charge in [0.15, 0.2) is 5.76 Å². The lowest BCUT2D eigenvalue weighted by atomic mass is 10.2. The number of hydrogen-bond donors (Lipinski definition) is 1. The highest BCUT2D eigenvalue weighted by Crippen LogP contribution is 2.19. The summed E-state index contributed by atoms with van der Waals surface area (Å²) in [5, 5.41) is 3.11. The summed E-state index contributed by atoms with van der Waals surface area (Å²) in [6, 6.07) is 5.76. The van der Waals surface area contributed by atoms with E-state index in [1.54, 1.807) is 6.20 Å². The molecule has 2 aromatic rings. The molecule has 0 fully saturated rings. The number of furan rings is 1. The zero-order valence-electron chi connectivity index (χ0n) is 10.2. The minimum Gasteiger partial charge on any atom is -0.460 e. The van der Waals surface area contributed by atoms with Gasteiger partial charge < -0.3 is 9.73 Å². The number of nitrogens with one attached hydrogen (secondary N) is 1. The maximum Gasteiger partial charge on any atom is 0.152 e. The second-order valence-electron chi connectivity index (χ2n) is 3.98. The van der Waals surface area contributed by atoms with Crippen molar-refractivity contribution < 1.29 is 4.42 Å². The van der Waals surface area contributed by atoms with E-state index in [9.17, 15) is 0 Å². The molecule has 0 atom stereocenters. The number of aryl methyl sites for hydroxylation is 2. The Morgan fingerprint density at radius 1 is 1.29 bits per heavy atom. The molecule has 0 spiro atoms. The van der Waals surface area contributed by atoms with Gasteiger partial charge in [-0.25, -0.2) is 9.97 Å². The summed E-state index contributed by atoms with van der Waals surface area (Å²) in [5.74, 6) is 2.57. The average molecular weight is 231 g/mol. The van der Waals surface area contributed by atoms with Crippen LogP contribution in [0.3, 0.4) is 0 Å². The maximum absolute atomic E-state index is 5.55. The molecule has 0 aromatic carbocycles. The summed E-state index contributed by atoms with van der Waals surface area (Å²) in [6.07, 6.45) is 3.71. The van der Waals surface area contributed by atoms with E-state index >= 15 is 0 Å². The molecule has 0 aliphatic carbocycles. The van der Waals surface area contributed by atoms with Crippen LogP contribution in [0.2, 0.25) is 0 Å². The summed E-state index contributed by atoms with van der Waals surface area (Å²) >= 11 is 0. The van der Waals surface area contributed by atoms with Crippen molar-refractivity contribution in [2.45, 2.75) is 19.8 Å². The van der Waals surface area contributed by atoms with Gasteiger partial charge in [0.1, 0.15) is 17.3 Å². The molecule has 2 aromatic heterocycles. The number of hydrogen-bond acceptors (Lipinski definition) is 4. The van der Waals surface area contributed by atoms with Crippen LogP contribution in [0, 0.1) is 6.92 Å². The lowest BCUT2D eigenvalue weighted by molar-refractivity contribution is 0.545. The second-order valence-corrected chi connectivity index (χ2v) is 3.98. The van der Waals surface area contributed by atoms with Crippen LogP contribution in [0.25, 0.3) is 11.5 Å². The smallest absolute Gasteiger partial charge is 0.152 e. The molecule has 2 heterocycles. The molecule has 1 N–H and O–H groups in total. The topological polar surface area (TPSA) is 51.0 Å². The zero-order chi connectivity index (χ0) is 12.1. The van der Waals surface area contributed by atoms with E-state index in [1.165, 1.54) is 0 Å². The Morgan fingerprint density at radius 2 is 2.18 bits per heavy atom. The average Bonchev–Trinajstić information content (AvgIpc) is 2.77. The van der Waals surface area contributed by atoms with E-state index in [0.717, 1.165) is 42.4 Å². The summed E-state index contributed by atoms with van der Waals surface area (Å²) in [6.45, 7) is 2.91. The van der Waals surface area contributed by atoms with Gasteiger partial charge in [-0.2, -0.15) is 0 Å². The van der Waals surface area contributed by atoms with Crippen LogP contribution >= 0.6 is 0 Å². The molecule has 0 aliphatic heterocycles. The SMILES string of the molecule is CNCCCc1nccc(-c2ccc(C)o2)n1. The Balaban J connectivity index is 2.11. The Labute approximate surface area is 101 Å². The Bertz CT molecular complexity index is 479.